The molecule has 0 amide bonds. The molecular weight excluding hydrogens is 270 g/mol. The van der Waals surface area contributed by atoms with Crippen molar-refractivity contribution >= 4 is 30.9 Å². The van der Waals surface area contributed by atoms with Crippen molar-refractivity contribution in [1.29, 1.82) is 0 Å². The Kier molecular flexibility index (Phi) is 6.06. The first-order valence-corrected chi connectivity index (χ1v) is 8.10. The Hall–Kier alpha value is 0.690. The van der Waals surface area contributed by atoms with Crippen LogP contribution in [0.3, 0.4) is 0 Å². The maximum Gasteiger partial charge on any atom is 0.343 e. The number of hydrogen-bond donors (Lipinski definition) is 1. The van der Waals surface area contributed by atoms with E-state index < -0.39 is 7.67 Å². The fourth-order valence-electron chi connectivity index (χ4n) is 1.87. The second-order valence-electron chi connectivity index (χ2n) is 4.03. The van der Waals surface area contributed by atoms with Crippen LogP contribution >= 0.6 is 30.9 Å². The standard InChI is InChI=1S/C9H19Cl2N2O2P/c1-8-7-9(2)15-16(14,12-8)13(5-3-10)6-4-11/h8-9H,3-7H2,1-2H3,(H,12,14)/t8-,9-,16-/m1/s1. The molecule has 0 bridgehead atoms. The highest BCUT2D eigenvalue weighted by atomic mass is 35.5. The lowest BCUT2D eigenvalue weighted by atomic mass is 10.2. The number of nitrogens with zero attached hydrogens (tertiary/aromatic N) is 1. The van der Waals surface area contributed by atoms with Crippen LogP contribution in [-0.4, -0.2) is 41.7 Å². The van der Waals surface area contributed by atoms with E-state index >= 15 is 0 Å². The SMILES string of the molecule is C[C@@H]1C[C@@H](C)O[P@@](=O)(N(CCCl)CCCl)N1. The van der Waals surface area contributed by atoms with Gasteiger partial charge >= 0.3 is 7.67 Å². The molecular formula is C9H19Cl2N2O2P. The molecule has 0 aromatic rings. The van der Waals surface area contributed by atoms with Gasteiger partial charge in [-0.15, -0.1) is 23.2 Å². The van der Waals surface area contributed by atoms with Crippen molar-refractivity contribution in [2.45, 2.75) is 32.4 Å². The zero-order valence-electron chi connectivity index (χ0n) is 9.66. The summed E-state index contributed by atoms with van der Waals surface area (Å²) < 4.78 is 19.9. The predicted octanol–water partition coefficient (Wildman–Crippen LogP) is 2.66. The topological polar surface area (TPSA) is 41.6 Å². The molecule has 1 saturated heterocycles. The molecule has 0 saturated carbocycles. The van der Waals surface area contributed by atoms with Crippen LogP contribution < -0.4 is 5.09 Å². The van der Waals surface area contributed by atoms with E-state index in [1.165, 1.54) is 0 Å². The van der Waals surface area contributed by atoms with E-state index in [1.807, 2.05) is 13.8 Å². The summed E-state index contributed by atoms with van der Waals surface area (Å²) in [5.41, 5.74) is 0. The first kappa shape index (κ1) is 14.7. The molecule has 0 radical (unpaired) electrons. The average molecular weight is 289 g/mol. The molecule has 0 aliphatic carbocycles. The van der Waals surface area contributed by atoms with E-state index in [0.717, 1.165) is 6.42 Å². The van der Waals surface area contributed by atoms with Crippen molar-refractivity contribution in [3.8, 4) is 0 Å². The van der Waals surface area contributed by atoms with Gasteiger partial charge < -0.3 is 4.52 Å². The van der Waals surface area contributed by atoms with Crippen molar-refractivity contribution in [3.63, 3.8) is 0 Å². The summed E-state index contributed by atoms with van der Waals surface area (Å²) in [6, 6.07) is 0.183. The Balaban J connectivity index is 2.74. The molecule has 1 N–H and O–H groups in total. The zero-order chi connectivity index (χ0) is 12.2. The van der Waals surface area contributed by atoms with Crippen LogP contribution in [0.15, 0.2) is 0 Å². The van der Waals surface area contributed by atoms with Crippen molar-refractivity contribution in [2.24, 2.45) is 0 Å². The number of rotatable bonds is 5. The molecule has 1 aliphatic rings. The minimum absolute atomic E-state index is 0.00441. The summed E-state index contributed by atoms with van der Waals surface area (Å²) in [7, 11) is -2.95. The van der Waals surface area contributed by atoms with Crippen molar-refractivity contribution in [1.82, 2.24) is 9.76 Å². The fraction of sp³-hybridized carbons (Fsp3) is 1.00. The lowest BCUT2D eigenvalue weighted by Crippen LogP contribution is -2.42. The van der Waals surface area contributed by atoms with Gasteiger partial charge in [-0.2, -0.15) is 0 Å². The highest BCUT2D eigenvalue weighted by Gasteiger charge is 2.38. The average Bonchev–Trinajstić information content (AvgIpc) is 2.15. The maximum atomic E-state index is 12.6. The molecule has 0 spiro atoms. The van der Waals surface area contributed by atoms with Crippen molar-refractivity contribution in [3.05, 3.63) is 0 Å². The summed E-state index contributed by atoms with van der Waals surface area (Å²) in [5, 5.41) is 3.03. The van der Waals surface area contributed by atoms with Crippen molar-refractivity contribution in [2.75, 3.05) is 24.8 Å². The van der Waals surface area contributed by atoms with E-state index in [4.69, 9.17) is 27.7 Å². The van der Waals surface area contributed by atoms with Gasteiger partial charge in [-0.25, -0.2) is 9.76 Å². The Morgan fingerprint density at radius 2 is 1.94 bits per heavy atom. The molecule has 0 unspecified atom stereocenters. The van der Waals surface area contributed by atoms with Gasteiger partial charge in [-0.1, -0.05) is 0 Å². The molecule has 1 fully saturated rings. The van der Waals surface area contributed by atoms with E-state index in [1.54, 1.807) is 4.67 Å². The van der Waals surface area contributed by atoms with Gasteiger partial charge in [0.25, 0.3) is 0 Å². The number of alkyl halides is 2. The Bertz CT molecular complexity index is 248. The Morgan fingerprint density at radius 3 is 2.38 bits per heavy atom. The van der Waals surface area contributed by atoms with Gasteiger partial charge in [0.2, 0.25) is 0 Å². The van der Waals surface area contributed by atoms with Gasteiger partial charge in [0.05, 0.1) is 6.10 Å². The lowest BCUT2D eigenvalue weighted by molar-refractivity contribution is 0.145. The first-order valence-electron chi connectivity index (χ1n) is 5.45. The zero-order valence-corrected chi connectivity index (χ0v) is 12.1. The van der Waals surface area contributed by atoms with E-state index in [-0.39, 0.29) is 12.1 Å². The Labute approximate surface area is 107 Å². The third kappa shape index (κ3) is 3.86. The first-order chi connectivity index (χ1) is 7.51. The predicted molar refractivity (Wildman–Crippen MR) is 68.4 cm³/mol. The molecule has 0 aromatic heterocycles. The van der Waals surface area contributed by atoms with Crippen LogP contribution in [0.2, 0.25) is 0 Å². The Morgan fingerprint density at radius 1 is 1.38 bits per heavy atom. The summed E-state index contributed by atoms with van der Waals surface area (Å²) in [6.45, 7) is 4.96. The largest absolute Gasteiger partial charge is 0.343 e. The third-order valence-corrected chi connectivity index (χ3v) is 5.34. The highest BCUT2D eigenvalue weighted by Crippen LogP contribution is 2.51. The number of halogens is 2. The van der Waals surface area contributed by atoms with Crippen LogP contribution in [0.1, 0.15) is 20.3 Å². The van der Waals surface area contributed by atoms with Gasteiger partial charge in [-0.05, 0) is 20.3 Å². The minimum atomic E-state index is -2.95. The lowest BCUT2D eigenvalue weighted by Gasteiger charge is -2.38. The van der Waals surface area contributed by atoms with Crippen LogP contribution in [0.5, 0.6) is 0 Å². The normalized spacial score (nSPS) is 35.6. The van der Waals surface area contributed by atoms with Crippen LogP contribution in [0.25, 0.3) is 0 Å². The number of nitrogens with one attached hydrogen (secondary N) is 1. The molecule has 1 aliphatic heterocycles. The molecule has 16 heavy (non-hydrogen) atoms. The molecule has 1 rings (SSSR count). The van der Waals surface area contributed by atoms with Crippen LogP contribution in [0, 0.1) is 0 Å². The molecule has 0 aromatic carbocycles. The monoisotopic (exact) mass is 288 g/mol. The summed E-state index contributed by atoms with van der Waals surface area (Å²) in [6.07, 6.45) is 0.856. The van der Waals surface area contributed by atoms with E-state index in [0.29, 0.717) is 24.8 Å². The fourth-order valence-corrected chi connectivity index (χ4v) is 4.83. The minimum Gasteiger partial charge on any atom is -0.303 e. The van der Waals surface area contributed by atoms with Crippen LogP contribution in [0.4, 0.5) is 0 Å². The summed E-state index contributed by atoms with van der Waals surface area (Å²) in [4.78, 5) is 0. The van der Waals surface area contributed by atoms with Crippen LogP contribution in [-0.2, 0) is 9.09 Å². The molecule has 3 atom stereocenters. The molecule has 7 heteroatoms. The highest BCUT2D eigenvalue weighted by molar-refractivity contribution is 7.54. The van der Waals surface area contributed by atoms with E-state index in [9.17, 15) is 4.57 Å². The van der Waals surface area contributed by atoms with Gasteiger partial charge in [0.1, 0.15) is 0 Å². The summed E-state index contributed by atoms with van der Waals surface area (Å²) in [5.74, 6) is 0.823. The maximum absolute atomic E-state index is 12.6. The number of hydrogen-bond acceptors (Lipinski definition) is 2. The van der Waals surface area contributed by atoms with E-state index in [2.05, 4.69) is 5.09 Å². The second kappa shape index (κ2) is 6.58. The smallest absolute Gasteiger partial charge is 0.303 e. The summed E-state index contributed by atoms with van der Waals surface area (Å²) >= 11 is 11.4. The van der Waals surface area contributed by atoms with Gasteiger partial charge in [-0.3, -0.25) is 4.57 Å². The molecule has 4 nitrogen and oxygen atoms in total. The quantitative estimate of drug-likeness (QED) is 0.624. The van der Waals surface area contributed by atoms with Gasteiger partial charge in [0, 0.05) is 30.9 Å². The van der Waals surface area contributed by atoms with Crippen molar-refractivity contribution < 1.29 is 9.09 Å². The second-order valence-corrected chi connectivity index (χ2v) is 6.87. The third-order valence-electron chi connectivity index (χ3n) is 2.45. The molecule has 96 valence electrons. The van der Waals surface area contributed by atoms with Gasteiger partial charge in [0.15, 0.2) is 0 Å². The molecule has 1 heterocycles.